The number of anilines is 1. The summed E-state index contributed by atoms with van der Waals surface area (Å²) in [6.07, 6.45) is 2.15. The van der Waals surface area contributed by atoms with E-state index in [0.29, 0.717) is 18.2 Å². The molecule has 9 heteroatoms. The van der Waals surface area contributed by atoms with E-state index in [1.807, 2.05) is 4.57 Å². The first-order valence-electron chi connectivity index (χ1n) is 8.06. The summed E-state index contributed by atoms with van der Waals surface area (Å²) in [5, 5.41) is 12.2. The number of nitrogens with zero attached hydrogens (tertiary/aromatic N) is 3. The molecule has 7 nitrogen and oxygen atoms in total. The number of primary amides is 1. The molecule has 0 radical (unpaired) electrons. The maximum absolute atomic E-state index is 13.0. The highest BCUT2D eigenvalue weighted by Crippen LogP contribution is 2.22. The van der Waals surface area contributed by atoms with Crippen LogP contribution < -0.4 is 11.1 Å². The average molecular weight is 365 g/mol. The molecule has 25 heavy (non-hydrogen) atoms. The number of nitrogens with one attached hydrogen (secondary N) is 1. The van der Waals surface area contributed by atoms with Crippen LogP contribution in [0.2, 0.25) is 0 Å². The van der Waals surface area contributed by atoms with Crippen LogP contribution >= 0.6 is 11.8 Å². The highest BCUT2D eigenvalue weighted by atomic mass is 32.2. The van der Waals surface area contributed by atoms with Gasteiger partial charge >= 0.3 is 0 Å². The van der Waals surface area contributed by atoms with Gasteiger partial charge in [0.1, 0.15) is 5.82 Å². The van der Waals surface area contributed by atoms with E-state index in [9.17, 15) is 9.18 Å². The van der Waals surface area contributed by atoms with Crippen LogP contribution in [-0.2, 0) is 22.6 Å². The number of aromatic nitrogens is 3. The Balaban J connectivity index is 1.71. The van der Waals surface area contributed by atoms with Crippen molar-refractivity contribution in [3.8, 4) is 0 Å². The molecule has 3 rings (SSSR count). The minimum atomic E-state index is -0.400. The fourth-order valence-electron chi connectivity index (χ4n) is 2.62. The minimum Gasteiger partial charge on any atom is -0.378 e. The number of nitrogens with two attached hydrogens (primary N) is 1. The number of halogens is 1. The molecular formula is C16H20FN5O2S. The maximum Gasteiger partial charge on any atom is 0.227 e. The summed E-state index contributed by atoms with van der Waals surface area (Å²) in [5.41, 5.74) is 6.01. The highest BCUT2D eigenvalue weighted by Gasteiger charge is 2.21. The summed E-state index contributed by atoms with van der Waals surface area (Å²) in [7, 11) is 0. The van der Waals surface area contributed by atoms with Crippen LogP contribution in [0.3, 0.4) is 0 Å². The Labute approximate surface area is 149 Å². The Kier molecular flexibility index (Phi) is 5.87. The molecule has 1 fully saturated rings. The molecule has 2 heterocycles. The molecule has 0 aliphatic carbocycles. The predicted molar refractivity (Wildman–Crippen MR) is 92.6 cm³/mol. The van der Waals surface area contributed by atoms with E-state index in [4.69, 9.17) is 10.5 Å². The molecule has 1 atom stereocenters. The van der Waals surface area contributed by atoms with Gasteiger partial charge in [-0.3, -0.25) is 4.79 Å². The van der Waals surface area contributed by atoms with Crippen molar-refractivity contribution in [1.82, 2.24) is 14.8 Å². The Morgan fingerprint density at radius 3 is 2.88 bits per heavy atom. The van der Waals surface area contributed by atoms with E-state index in [1.165, 1.54) is 23.9 Å². The molecule has 1 aromatic heterocycles. The second kappa shape index (κ2) is 8.30. The lowest BCUT2D eigenvalue weighted by Crippen LogP contribution is -2.20. The van der Waals surface area contributed by atoms with Crippen LogP contribution in [0.4, 0.5) is 10.1 Å². The highest BCUT2D eigenvalue weighted by molar-refractivity contribution is 7.99. The molecular weight excluding hydrogens is 345 g/mol. The maximum atomic E-state index is 13.0. The van der Waals surface area contributed by atoms with Gasteiger partial charge in [0.05, 0.1) is 24.9 Å². The molecule has 2 aromatic rings. The normalized spacial score (nSPS) is 16.9. The molecule has 0 unspecified atom stereocenters. The molecule has 0 saturated carbocycles. The summed E-state index contributed by atoms with van der Waals surface area (Å²) in [5.74, 6) is 0.196. The van der Waals surface area contributed by atoms with Gasteiger partial charge in [-0.15, -0.1) is 10.2 Å². The molecule has 0 bridgehead atoms. The van der Waals surface area contributed by atoms with Crippen molar-refractivity contribution in [2.24, 2.45) is 5.73 Å². The van der Waals surface area contributed by atoms with Gasteiger partial charge in [0.25, 0.3) is 0 Å². The first kappa shape index (κ1) is 17.7. The fourth-order valence-corrected chi connectivity index (χ4v) is 3.32. The van der Waals surface area contributed by atoms with Gasteiger partial charge in [-0.1, -0.05) is 11.8 Å². The van der Waals surface area contributed by atoms with Crippen molar-refractivity contribution in [3.05, 3.63) is 35.9 Å². The number of rotatable bonds is 8. The van der Waals surface area contributed by atoms with Crippen molar-refractivity contribution in [2.45, 2.75) is 37.2 Å². The lowest BCUT2D eigenvalue weighted by molar-refractivity contribution is -0.115. The number of hydrogen-bond acceptors (Lipinski definition) is 6. The molecule has 1 amide bonds. The third-order valence-corrected chi connectivity index (χ3v) is 4.83. The van der Waals surface area contributed by atoms with Gasteiger partial charge in [0, 0.05) is 12.3 Å². The predicted octanol–water partition coefficient (Wildman–Crippen LogP) is 1.79. The minimum absolute atomic E-state index is 0.119. The van der Waals surface area contributed by atoms with Crippen LogP contribution in [0, 0.1) is 5.82 Å². The lowest BCUT2D eigenvalue weighted by atomic mass is 10.2. The Morgan fingerprint density at radius 1 is 1.40 bits per heavy atom. The van der Waals surface area contributed by atoms with Gasteiger partial charge in [-0.2, -0.15) is 0 Å². The van der Waals surface area contributed by atoms with Crippen molar-refractivity contribution in [1.29, 1.82) is 0 Å². The average Bonchev–Trinajstić information content (AvgIpc) is 3.23. The molecule has 0 spiro atoms. The third-order valence-electron chi connectivity index (χ3n) is 3.84. The molecule has 1 aliphatic heterocycles. The topological polar surface area (TPSA) is 95.1 Å². The zero-order valence-electron chi connectivity index (χ0n) is 13.7. The first-order valence-corrected chi connectivity index (χ1v) is 9.04. The van der Waals surface area contributed by atoms with Gasteiger partial charge < -0.3 is 20.4 Å². The van der Waals surface area contributed by atoms with Gasteiger partial charge in [-0.05, 0) is 37.1 Å². The van der Waals surface area contributed by atoms with Crippen molar-refractivity contribution < 1.29 is 13.9 Å². The van der Waals surface area contributed by atoms with Crippen LogP contribution in [-0.4, -0.2) is 39.1 Å². The monoisotopic (exact) mass is 365 g/mol. The van der Waals surface area contributed by atoms with Gasteiger partial charge in [0.15, 0.2) is 11.0 Å². The molecule has 1 aromatic carbocycles. The summed E-state index contributed by atoms with van der Waals surface area (Å²) >= 11 is 1.26. The van der Waals surface area contributed by atoms with E-state index in [-0.39, 0.29) is 17.7 Å². The summed E-state index contributed by atoms with van der Waals surface area (Å²) in [6.45, 7) is 1.83. The number of benzene rings is 1. The van der Waals surface area contributed by atoms with Gasteiger partial charge in [-0.25, -0.2) is 4.39 Å². The SMILES string of the molecule is NC(=O)CSc1nnc(CNc2ccc(F)cc2)n1C[C@@H]1CCCO1. The number of carbonyl (C=O) groups is 1. The zero-order valence-corrected chi connectivity index (χ0v) is 14.5. The number of ether oxygens (including phenoxy) is 1. The number of hydrogen-bond donors (Lipinski definition) is 2. The van der Waals surface area contributed by atoms with E-state index < -0.39 is 5.91 Å². The Morgan fingerprint density at radius 2 is 2.20 bits per heavy atom. The number of amides is 1. The largest absolute Gasteiger partial charge is 0.378 e. The van der Waals surface area contributed by atoms with Crippen molar-refractivity contribution in [3.63, 3.8) is 0 Å². The van der Waals surface area contributed by atoms with Crippen LogP contribution in [0.5, 0.6) is 0 Å². The van der Waals surface area contributed by atoms with E-state index in [2.05, 4.69) is 15.5 Å². The standard InChI is InChI=1S/C16H20FN5O2S/c17-11-3-5-12(6-4-11)19-8-15-20-21-16(25-10-14(18)23)22(15)9-13-2-1-7-24-13/h3-6,13,19H,1-2,7-10H2,(H2,18,23)/t13-/m0/s1. The summed E-state index contributed by atoms with van der Waals surface area (Å²) in [6, 6.07) is 6.12. The Hall–Kier alpha value is -2.13. The van der Waals surface area contributed by atoms with Crippen LogP contribution in [0.25, 0.3) is 0 Å². The van der Waals surface area contributed by atoms with E-state index >= 15 is 0 Å². The number of carbonyl (C=O) groups excluding carboxylic acids is 1. The van der Waals surface area contributed by atoms with E-state index in [1.54, 1.807) is 12.1 Å². The quantitative estimate of drug-likeness (QED) is 0.693. The Bertz CT molecular complexity index is 716. The van der Waals surface area contributed by atoms with Crippen LogP contribution in [0.1, 0.15) is 18.7 Å². The second-order valence-corrected chi connectivity index (χ2v) is 6.70. The molecule has 1 saturated heterocycles. The summed E-state index contributed by atoms with van der Waals surface area (Å²) < 4.78 is 20.6. The molecule has 3 N–H and O–H groups in total. The zero-order chi connectivity index (χ0) is 17.6. The second-order valence-electron chi connectivity index (χ2n) is 5.76. The fraction of sp³-hybridized carbons (Fsp3) is 0.438. The smallest absolute Gasteiger partial charge is 0.227 e. The molecule has 134 valence electrons. The van der Waals surface area contributed by atoms with Crippen molar-refractivity contribution in [2.75, 3.05) is 17.7 Å². The van der Waals surface area contributed by atoms with Gasteiger partial charge in [0.2, 0.25) is 5.91 Å². The lowest BCUT2D eigenvalue weighted by Gasteiger charge is -2.15. The summed E-state index contributed by atoms with van der Waals surface area (Å²) in [4.78, 5) is 11.0. The number of thioether (sulfide) groups is 1. The first-order chi connectivity index (χ1) is 12.1. The van der Waals surface area contributed by atoms with Crippen molar-refractivity contribution >= 4 is 23.4 Å². The van der Waals surface area contributed by atoms with E-state index in [0.717, 1.165) is 31.0 Å². The van der Waals surface area contributed by atoms with Crippen LogP contribution in [0.15, 0.2) is 29.4 Å². The third kappa shape index (κ3) is 4.93. The molecule has 1 aliphatic rings.